The summed E-state index contributed by atoms with van der Waals surface area (Å²) in [5, 5.41) is 13.4. The molecule has 0 aliphatic rings. The van der Waals surface area contributed by atoms with Gasteiger partial charge in [0.15, 0.2) is 6.04 Å². The fourth-order valence-corrected chi connectivity index (χ4v) is 2.35. The second-order valence-electron chi connectivity index (χ2n) is 5.02. The molecule has 2 heterocycles. The Kier molecular flexibility index (Phi) is 4.27. The Hall–Kier alpha value is -2.83. The van der Waals surface area contributed by atoms with E-state index >= 15 is 0 Å². The molecule has 7 nitrogen and oxygen atoms in total. The molecule has 0 radical (unpaired) electrons. The molecule has 2 aromatic heterocycles. The minimum Gasteiger partial charge on any atom is -0.464 e. The van der Waals surface area contributed by atoms with Gasteiger partial charge in [0.2, 0.25) is 5.82 Å². The standard InChI is InChI=1S/C16H17N5O2/c1-3-14(16(22)23-4-2)21-19-15(18-20-21)12-7-8-13-11(10-12)6-5-9-17-13/h5-10,14H,3-4H2,1-2H3/t14-/m0/s1. The van der Waals surface area contributed by atoms with Crippen LogP contribution in [0.5, 0.6) is 0 Å². The molecule has 1 aromatic carbocycles. The molecule has 0 saturated carbocycles. The van der Waals surface area contributed by atoms with E-state index in [4.69, 9.17) is 4.74 Å². The fraction of sp³-hybridized carbons (Fsp3) is 0.312. The number of rotatable bonds is 5. The van der Waals surface area contributed by atoms with Crippen molar-refractivity contribution in [2.24, 2.45) is 0 Å². The van der Waals surface area contributed by atoms with Gasteiger partial charge in [-0.05, 0) is 42.8 Å². The number of hydrogen-bond acceptors (Lipinski definition) is 6. The van der Waals surface area contributed by atoms with Crippen molar-refractivity contribution in [2.45, 2.75) is 26.3 Å². The maximum Gasteiger partial charge on any atom is 0.332 e. The van der Waals surface area contributed by atoms with E-state index in [9.17, 15) is 4.79 Å². The van der Waals surface area contributed by atoms with Gasteiger partial charge in [-0.2, -0.15) is 0 Å². The summed E-state index contributed by atoms with van der Waals surface area (Å²) in [7, 11) is 0. The van der Waals surface area contributed by atoms with Crippen LogP contribution in [-0.2, 0) is 9.53 Å². The first kappa shape index (κ1) is 15.1. The van der Waals surface area contributed by atoms with Crippen molar-refractivity contribution in [3.05, 3.63) is 36.5 Å². The highest BCUT2D eigenvalue weighted by Gasteiger charge is 2.23. The number of ether oxygens (including phenoxy) is 1. The van der Waals surface area contributed by atoms with Crippen molar-refractivity contribution in [1.29, 1.82) is 0 Å². The number of fused-ring (bicyclic) bond motifs is 1. The number of tetrazole rings is 1. The molecule has 0 bridgehead atoms. The van der Waals surface area contributed by atoms with E-state index in [0.29, 0.717) is 18.9 Å². The van der Waals surface area contributed by atoms with Gasteiger partial charge < -0.3 is 4.74 Å². The highest BCUT2D eigenvalue weighted by molar-refractivity contribution is 5.83. The quantitative estimate of drug-likeness (QED) is 0.673. The Morgan fingerprint density at radius 3 is 2.96 bits per heavy atom. The van der Waals surface area contributed by atoms with Gasteiger partial charge in [0.05, 0.1) is 12.1 Å². The van der Waals surface area contributed by atoms with Crippen molar-refractivity contribution >= 4 is 16.9 Å². The SMILES string of the molecule is CCOC(=O)[C@H](CC)n1nnc(-c2ccc3ncccc3c2)n1. The summed E-state index contributed by atoms with van der Waals surface area (Å²) in [5.41, 5.74) is 1.73. The molecule has 0 aliphatic carbocycles. The van der Waals surface area contributed by atoms with Crippen LogP contribution < -0.4 is 0 Å². The van der Waals surface area contributed by atoms with Gasteiger partial charge in [-0.15, -0.1) is 15.0 Å². The van der Waals surface area contributed by atoms with E-state index < -0.39 is 6.04 Å². The van der Waals surface area contributed by atoms with Crippen LogP contribution in [0.1, 0.15) is 26.3 Å². The van der Waals surface area contributed by atoms with E-state index in [0.717, 1.165) is 16.5 Å². The summed E-state index contributed by atoms with van der Waals surface area (Å²) < 4.78 is 5.05. The number of hydrogen-bond donors (Lipinski definition) is 0. The summed E-state index contributed by atoms with van der Waals surface area (Å²) in [5.74, 6) is 0.125. The average Bonchev–Trinajstić information content (AvgIpc) is 3.05. The average molecular weight is 311 g/mol. The monoisotopic (exact) mass is 311 g/mol. The van der Waals surface area contributed by atoms with Crippen LogP contribution in [0, 0.1) is 0 Å². The van der Waals surface area contributed by atoms with Gasteiger partial charge in [-0.3, -0.25) is 4.98 Å². The molecule has 7 heteroatoms. The zero-order valence-corrected chi connectivity index (χ0v) is 13.0. The Morgan fingerprint density at radius 2 is 2.17 bits per heavy atom. The van der Waals surface area contributed by atoms with Crippen molar-refractivity contribution in [3.8, 4) is 11.4 Å². The third-order valence-corrected chi connectivity index (χ3v) is 3.51. The molecule has 3 rings (SSSR count). The van der Waals surface area contributed by atoms with Crippen LogP contribution in [0.25, 0.3) is 22.3 Å². The van der Waals surface area contributed by atoms with E-state index in [1.54, 1.807) is 13.1 Å². The molecular weight excluding hydrogens is 294 g/mol. The molecular formula is C16H17N5O2. The Labute approximate surface area is 133 Å². The van der Waals surface area contributed by atoms with E-state index in [1.165, 1.54) is 4.80 Å². The number of aromatic nitrogens is 5. The third kappa shape index (κ3) is 3.03. The predicted molar refractivity (Wildman–Crippen MR) is 84.5 cm³/mol. The second kappa shape index (κ2) is 6.51. The number of esters is 1. The van der Waals surface area contributed by atoms with Crippen LogP contribution in [-0.4, -0.2) is 37.8 Å². The summed E-state index contributed by atoms with van der Waals surface area (Å²) >= 11 is 0. The van der Waals surface area contributed by atoms with Crippen LogP contribution in [0.2, 0.25) is 0 Å². The lowest BCUT2D eigenvalue weighted by atomic mass is 10.1. The molecule has 1 atom stereocenters. The zero-order chi connectivity index (χ0) is 16.2. The number of carbonyl (C=O) groups is 1. The van der Waals surface area contributed by atoms with Gasteiger partial charge >= 0.3 is 5.97 Å². The van der Waals surface area contributed by atoms with Crippen molar-refractivity contribution in [1.82, 2.24) is 25.2 Å². The van der Waals surface area contributed by atoms with Gasteiger partial charge in [-0.1, -0.05) is 13.0 Å². The normalized spacial score (nSPS) is 12.3. The molecule has 0 aliphatic heterocycles. The Bertz CT molecular complexity index is 830. The Morgan fingerprint density at radius 1 is 1.30 bits per heavy atom. The first-order valence-electron chi connectivity index (χ1n) is 7.54. The van der Waals surface area contributed by atoms with Crippen LogP contribution >= 0.6 is 0 Å². The Balaban J connectivity index is 1.92. The predicted octanol–water partition coefficient (Wildman–Crippen LogP) is 2.40. The number of benzene rings is 1. The first-order valence-corrected chi connectivity index (χ1v) is 7.54. The zero-order valence-electron chi connectivity index (χ0n) is 13.0. The van der Waals surface area contributed by atoms with Crippen molar-refractivity contribution in [2.75, 3.05) is 6.61 Å². The lowest BCUT2D eigenvalue weighted by Gasteiger charge is -2.11. The largest absolute Gasteiger partial charge is 0.464 e. The van der Waals surface area contributed by atoms with E-state index in [-0.39, 0.29) is 5.97 Å². The minimum absolute atomic E-state index is 0.328. The van der Waals surface area contributed by atoms with E-state index in [1.807, 2.05) is 37.3 Å². The van der Waals surface area contributed by atoms with Crippen LogP contribution in [0.3, 0.4) is 0 Å². The molecule has 3 aromatic rings. The summed E-state index contributed by atoms with van der Waals surface area (Å²) in [6.45, 7) is 3.98. The van der Waals surface area contributed by atoms with Gasteiger partial charge in [0.1, 0.15) is 0 Å². The molecule has 0 unspecified atom stereocenters. The topological polar surface area (TPSA) is 82.8 Å². The molecule has 0 saturated heterocycles. The second-order valence-corrected chi connectivity index (χ2v) is 5.02. The van der Waals surface area contributed by atoms with E-state index in [2.05, 4.69) is 20.4 Å². The lowest BCUT2D eigenvalue weighted by Crippen LogP contribution is -2.23. The molecule has 23 heavy (non-hydrogen) atoms. The minimum atomic E-state index is -0.557. The number of pyridine rings is 1. The summed E-state index contributed by atoms with van der Waals surface area (Å²) in [6.07, 6.45) is 2.29. The van der Waals surface area contributed by atoms with Crippen molar-refractivity contribution in [3.63, 3.8) is 0 Å². The third-order valence-electron chi connectivity index (χ3n) is 3.51. The summed E-state index contributed by atoms with van der Waals surface area (Å²) in [6, 6.07) is 9.05. The fourth-order valence-electron chi connectivity index (χ4n) is 2.35. The molecule has 0 N–H and O–H groups in total. The summed E-state index contributed by atoms with van der Waals surface area (Å²) in [4.78, 5) is 17.5. The van der Waals surface area contributed by atoms with Crippen LogP contribution in [0.4, 0.5) is 0 Å². The van der Waals surface area contributed by atoms with Crippen LogP contribution in [0.15, 0.2) is 36.5 Å². The highest BCUT2D eigenvalue weighted by Crippen LogP contribution is 2.21. The maximum absolute atomic E-state index is 11.9. The molecule has 118 valence electrons. The van der Waals surface area contributed by atoms with Gasteiger partial charge in [0.25, 0.3) is 0 Å². The molecule has 0 amide bonds. The van der Waals surface area contributed by atoms with Gasteiger partial charge in [-0.25, -0.2) is 4.79 Å². The van der Waals surface area contributed by atoms with Crippen molar-refractivity contribution < 1.29 is 9.53 Å². The first-order chi connectivity index (χ1) is 11.2. The van der Waals surface area contributed by atoms with Gasteiger partial charge in [0, 0.05) is 17.1 Å². The lowest BCUT2D eigenvalue weighted by molar-refractivity contribution is -0.148. The molecule has 0 fully saturated rings. The number of carbonyl (C=O) groups excluding carboxylic acids is 1. The highest BCUT2D eigenvalue weighted by atomic mass is 16.5. The molecule has 0 spiro atoms. The maximum atomic E-state index is 11.9. The smallest absolute Gasteiger partial charge is 0.332 e. The number of nitrogens with zero attached hydrogens (tertiary/aromatic N) is 5.